The van der Waals surface area contributed by atoms with E-state index in [1.807, 2.05) is 28.5 Å². The van der Waals surface area contributed by atoms with Gasteiger partial charge in [0.15, 0.2) is 11.5 Å². The number of nitrogens with zero attached hydrogens (tertiary/aromatic N) is 2. The Morgan fingerprint density at radius 2 is 2.11 bits per heavy atom. The molecular weight excluding hydrogens is 366 g/mol. The highest BCUT2D eigenvalue weighted by atomic mass is 32.1. The molecule has 3 heterocycles. The molecule has 8 heteroatoms. The third kappa shape index (κ3) is 4.07. The zero-order valence-corrected chi connectivity index (χ0v) is 15.9. The van der Waals surface area contributed by atoms with E-state index in [9.17, 15) is 4.79 Å². The van der Waals surface area contributed by atoms with Crippen LogP contribution in [0.5, 0.6) is 11.5 Å². The number of carbonyl (C=O) groups is 1. The van der Waals surface area contributed by atoms with Crippen molar-refractivity contribution in [3.05, 3.63) is 29.3 Å². The van der Waals surface area contributed by atoms with Crippen molar-refractivity contribution < 1.29 is 19.0 Å². The van der Waals surface area contributed by atoms with Gasteiger partial charge in [-0.2, -0.15) is 0 Å². The minimum absolute atomic E-state index is 0.0151. The molecule has 1 aromatic carbocycles. The number of hydrogen-bond acceptors (Lipinski definition) is 7. The Bertz CT molecular complexity index is 802. The number of amides is 1. The molecule has 27 heavy (non-hydrogen) atoms. The number of hydrogen-bond donors (Lipinski definition) is 1. The zero-order valence-electron chi connectivity index (χ0n) is 15.1. The van der Waals surface area contributed by atoms with Crippen molar-refractivity contribution in [2.75, 3.05) is 33.0 Å². The second-order valence-electron chi connectivity index (χ2n) is 6.61. The quantitative estimate of drug-likeness (QED) is 0.764. The maximum atomic E-state index is 12.8. The fourth-order valence-corrected chi connectivity index (χ4v) is 4.05. The van der Waals surface area contributed by atoms with Gasteiger partial charge in [-0.1, -0.05) is 0 Å². The Labute approximate surface area is 162 Å². The lowest BCUT2D eigenvalue weighted by atomic mass is 10.1. The highest BCUT2D eigenvalue weighted by Crippen LogP contribution is 2.36. The van der Waals surface area contributed by atoms with Crippen LogP contribution in [0.4, 0.5) is 0 Å². The van der Waals surface area contributed by atoms with Crippen LogP contribution in [-0.2, 0) is 4.74 Å². The number of nitrogens with two attached hydrogens (primary N) is 1. The summed E-state index contributed by atoms with van der Waals surface area (Å²) in [5, 5.41) is 2.63. The summed E-state index contributed by atoms with van der Waals surface area (Å²) >= 11 is 1.46. The van der Waals surface area contributed by atoms with Crippen molar-refractivity contribution in [1.29, 1.82) is 0 Å². The predicted octanol–water partition coefficient (Wildman–Crippen LogP) is 2.51. The fraction of sp³-hybridized carbons (Fsp3) is 0.474. The Morgan fingerprint density at radius 3 is 2.93 bits per heavy atom. The molecule has 2 N–H and O–H groups in total. The normalized spacial score (nSPS) is 16.7. The summed E-state index contributed by atoms with van der Waals surface area (Å²) in [4.78, 5) is 19.2. The zero-order chi connectivity index (χ0) is 18.6. The molecule has 0 radical (unpaired) electrons. The van der Waals surface area contributed by atoms with Crippen molar-refractivity contribution >= 4 is 17.2 Å². The van der Waals surface area contributed by atoms with E-state index in [4.69, 9.17) is 19.9 Å². The maximum absolute atomic E-state index is 12.8. The summed E-state index contributed by atoms with van der Waals surface area (Å²) in [6.45, 7) is 2.98. The first-order chi connectivity index (χ1) is 13.2. The lowest BCUT2D eigenvalue weighted by Crippen LogP contribution is -2.41. The van der Waals surface area contributed by atoms with E-state index < -0.39 is 0 Å². The van der Waals surface area contributed by atoms with E-state index in [-0.39, 0.29) is 18.8 Å². The number of carbonyl (C=O) groups excluding carboxylic acids is 1. The van der Waals surface area contributed by atoms with Gasteiger partial charge in [0.1, 0.15) is 10.7 Å². The standard InChI is InChI=1S/C19H23N3O4S/c20-6-1-9-24-14-4-7-22(8-5-14)19(23)15-11-27-18(21-15)13-2-3-16-17(10-13)26-12-25-16/h2-3,10-11,14H,1,4-9,12,20H2. The van der Waals surface area contributed by atoms with Crippen LogP contribution in [0.15, 0.2) is 23.6 Å². The van der Waals surface area contributed by atoms with Crippen LogP contribution in [-0.4, -0.2) is 54.9 Å². The van der Waals surface area contributed by atoms with E-state index in [1.165, 1.54) is 11.3 Å². The largest absolute Gasteiger partial charge is 0.454 e. The SMILES string of the molecule is NCCCOC1CCN(C(=O)c2csc(-c3ccc4c(c3)OCO4)n2)CC1. The second-order valence-corrected chi connectivity index (χ2v) is 7.47. The van der Waals surface area contributed by atoms with Crippen molar-refractivity contribution in [2.45, 2.75) is 25.4 Å². The summed E-state index contributed by atoms with van der Waals surface area (Å²) in [7, 11) is 0. The fourth-order valence-electron chi connectivity index (χ4n) is 3.26. The topological polar surface area (TPSA) is 86.9 Å². The monoisotopic (exact) mass is 389 g/mol. The number of rotatable bonds is 6. The molecule has 0 unspecified atom stereocenters. The first-order valence-electron chi connectivity index (χ1n) is 9.21. The molecular formula is C19H23N3O4S. The van der Waals surface area contributed by atoms with Gasteiger partial charge in [-0.3, -0.25) is 4.79 Å². The molecule has 0 spiro atoms. The number of ether oxygens (including phenoxy) is 3. The molecule has 144 valence electrons. The number of piperidine rings is 1. The molecule has 0 bridgehead atoms. The predicted molar refractivity (Wildman–Crippen MR) is 102 cm³/mol. The van der Waals surface area contributed by atoms with Gasteiger partial charge in [-0.25, -0.2) is 4.98 Å². The van der Waals surface area contributed by atoms with Gasteiger partial charge < -0.3 is 24.8 Å². The van der Waals surface area contributed by atoms with E-state index in [0.717, 1.165) is 35.6 Å². The lowest BCUT2D eigenvalue weighted by Gasteiger charge is -2.31. The molecule has 1 saturated heterocycles. The molecule has 7 nitrogen and oxygen atoms in total. The summed E-state index contributed by atoms with van der Waals surface area (Å²) in [6, 6.07) is 5.71. The van der Waals surface area contributed by atoms with Crippen molar-refractivity contribution in [1.82, 2.24) is 9.88 Å². The third-order valence-electron chi connectivity index (χ3n) is 4.77. The summed E-state index contributed by atoms with van der Waals surface area (Å²) in [6.07, 6.45) is 2.81. The Kier molecular flexibility index (Phi) is 5.56. The second kappa shape index (κ2) is 8.24. The van der Waals surface area contributed by atoms with Crippen LogP contribution in [0.2, 0.25) is 0 Å². The van der Waals surface area contributed by atoms with E-state index in [0.29, 0.717) is 37.7 Å². The first-order valence-corrected chi connectivity index (χ1v) is 10.1. The Morgan fingerprint density at radius 1 is 1.30 bits per heavy atom. The highest BCUT2D eigenvalue weighted by molar-refractivity contribution is 7.13. The van der Waals surface area contributed by atoms with Gasteiger partial charge in [0.25, 0.3) is 5.91 Å². The van der Waals surface area contributed by atoms with Gasteiger partial charge >= 0.3 is 0 Å². The Balaban J connectivity index is 1.37. The minimum atomic E-state index is -0.0151. The average molecular weight is 389 g/mol. The molecule has 1 fully saturated rings. The number of likely N-dealkylation sites (tertiary alicyclic amines) is 1. The van der Waals surface area contributed by atoms with Crippen LogP contribution in [0.1, 0.15) is 29.8 Å². The summed E-state index contributed by atoms with van der Waals surface area (Å²) < 4.78 is 16.6. The molecule has 1 aromatic heterocycles. The van der Waals surface area contributed by atoms with Gasteiger partial charge in [0.05, 0.1) is 6.10 Å². The number of fused-ring (bicyclic) bond motifs is 1. The number of thiazole rings is 1. The third-order valence-corrected chi connectivity index (χ3v) is 5.67. The molecule has 4 rings (SSSR count). The molecule has 2 aromatic rings. The molecule has 0 aliphatic carbocycles. The van der Waals surface area contributed by atoms with Crippen molar-refractivity contribution in [2.24, 2.45) is 5.73 Å². The van der Waals surface area contributed by atoms with Gasteiger partial charge in [-0.15, -0.1) is 11.3 Å². The minimum Gasteiger partial charge on any atom is -0.454 e. The Hall–Kier alpha value is -2.16. The van der Waals surface area contributed by atoms with Gasteiger partial charge in [-0.05, 0) is 44.0 Å². The summed E-state index contributed by atoms with van der Waals surface area (Å²) in [5.74, 6) is 1.44. The molecule has 1 amide bonds. The van der Waals surface area contributed by atoms with Crippen LogP contribution in [0.3, 0.4) is 0 Å². The van der Waals surface area contributed by atoms with E-state index in [1.54, 1.807) is 0 Å². The smallest absolute Gasteiger partial charge is 0.273 e. The lowest BCUT2D eigenvalue weighted by molar-refractivity contribution is 0.00831. The van der Waals surface area contributed by atoms with Crippen molar-refractivity contribution in [3.8, 4) is 22.1 Å². The number of aromatic nitrogens is 1. The summed E-state index contributed by atoms with van der Waals surface area (Å²) in [5.41, 5.74) is 6.91. The van der Waals surface area contributed by atoms with E-state index in [2.05, 4.69) is 4.98 Å². The highest BCUT2D eigenvalue weighted by Gasteiger charge is 2.25. The average Bonchev–Trinajstić information content (AvgIpc) is 3.37. The van der Waals surface area contributed by atoms with Gasteiger partial charge in [0.2, 0.25) is 6.79 Å². The van der Waals surface area contributed by atoms with Gasteiger partial charge in [0, 0.05) is 30.6 Å². The molecule has 2 aliphatic rings. The van der Waals surface area contributed by atoms with E-state index >= 15 is 0 Å². The molecule has 0 saturated carbocycles. The van der Waals surface area contributed by atoms with Crippen LogP contribution in [0, 0.1) is 0 Å². The van der Waals surface area contributed by atoms with Crippen molar-refractivity contribution in [3.63, 3.8) is 0 Å². The molecule has 2 aliphatic heterocycles. The van der Waals surface area contributed by atoms with Crippen LogP contribution < -0.4 is 15.2 Å². The van der Waals surface area contributed by atoms with Crippen LogP contribution in [0.25, 0.3) is 10.6 Å². The van der Waals surface area contributed by atoms with Crippen LogP contribution >= 0.6 is 11.3 Å². The maximum Gasteiger partial charge on any atom is 0.273 e. The number of benzene rings is 1. The molecule has 0 atom stereocenters. The first kappa shape index (κ1) is 18.2.